The molecule has 0 aliphatic heterocycles. The Bertz CT molecular complexity index is 707. The molecule has 2 rings (SSSR count). The zero-order chi connectivity index (χ0) is 15.5. The van der Waals surface area contributed by atoms with Gasteiger partial charge in [-0.15, -0.1) is 0 Å². The van der Waals surface area contributed by atoms with E-state index >= 15 is 0 Å². The Labute approximate surface area is 125 Å². The second-order valence-corrected chi connectivity index (χ2v) is 7.11. The van der Waals surface area contributed by atoms with Crippen molar-refractivity contribution in [1.82, 2.24) is 14.1 Å². The van der Waals surface area contributed by atoms with E-state index in [1.807, 2.05) is 23.9 Å². The third kappa shape index (κ3) is 3.62. The van der Waals surface area contributed by atoms with Crippen LogP contribution in [0.15, 0.2) is 41.6 Å². The molecule has 0 aliphatic rings. The van der Waals surface area contributed by atoms with Gasteiger partial charge in [0.2, 0.25) is 10.0 Å². The molecule has 0 aliphatic carbocycles. The van der Waals surface area contributed by atoms with E-state index in [2.05, 4.69) is 10.4 Å². The number of anilines is 1. The highest BCUT2D eigenvalue weighted by Crippen LogP contribution is 2.22. The van der Waals surface area contributed by atoms with Crippen LogP contribution in [0.5, 0.6) is 0 Å². The van der Waals surface area contributed by atoms with E-state index in [0.717, 1.165) is 5.56 Å². The molecule has 0 atom stereocenters. The normalized spacial score (nSPS) is 11.8. The molecule has 6 nitrogen and oxygen atoms in total. The summed E-state index contributed by atoms with van der Waals surface area (Å²) in [4.78, 5) is 0.284. The Balaban J connectivity index is 2.10. The first-order chi connectivity index (χ1) is 9.91. The minimum Gasteiger partial charge on any atom is -0.382 e. The molecule has 0 radical (unpaired) electrons. The van der Waals surface area contributed by atoms with Gasteiger partial charge in [0.1, 0.15) is 4.90 Å². The van der Waals surface area contributed by atoms with Crippen LogP contribution in [0.2, 0.25) is 0 Å². The third-order valence-corrected chi connectivity index (χ3v) is 4.94. The molecule has 0 amide bonds. The highest BCUT2D eigenvalue weighted by atomic mass is 32.2. The summed E-state index contributed by atoms with van der Waals surface area (Å²) in [6.45, 7) is 3.25. The lowest BCUT2D eigenvalue weighted by atomic mass is 10.3. The summed E-state index contributed by atoms with van der Waals surface area (Å²) in [6, 6.07) is 6.91. The zero-order valence-corrected chi connectivity index (χ0v) is 13.3. The number of benzene rings is 1. The van der Waals surface area contributed by atoms with Gasteiger partial charge in [0.05, 0.1) is 18.4 Å². The summed E-state index contributed by atoms with van der Waals surface area (Å²) in [5, 5.41) is 7.36. The fourth-order valence-electron chi connectivity index (χ4n) is 1.93. The Kier molecular flexibility index (Phi) is 4.64. The number of rotatable bonds is 6. The lowest BCUT2D eigenvalue weighted by Gasteiger charge is -2.16. The lowest BCUT2D eigenvalue weighted by molar-refractivity contribution is 0.521. The minimum absolute atomic E-state index is 0.284. The molecule has 0 unspecified atom stereocenters. The summed E-state index contributed by atoms with van der Waals surface area (Å²) in [5.74, 6) is 0. The first-order valence-corrected chi connectivity index (χ1v) is 8.10. The Morgan fingerprint density at radius 1 is 1.29 bits per heavy atom. The first-order valence-electron chi connectivity index (χ1n) is 6.66. The van der Waals surface area contributed by atoms with Crippen molar-refractivity contribution in [2.45, 2.75) is 18.4 Å². The Morgan fingerprint density at radius 2 is 2.00 bits per heavy atom. The molecule has 114 valence electrons. The molecule has 0 fully saturated rings. The van der Waals surface area contributed by atoms with Crippen LogP contribution in [-0.2, 0) is 16.6 Å². The third-order valence-electron chi connectivity index (χ3n) is 3.06. The van der Waals surface area contributed by atoms with E-state index in [9.17, 15) is 8.42 Å². The smallest absolute Gasteiger partial charge is 0.244 e. The molecule has 0 bridgehead atoms. The molecule has 1 N–H and O–H groups in total. The number of sulfonamides is 1. The van der Waals surface area contributed by atoms with Crippen LogP contribution in [0.1, 0.15) is 5.56 Å². The van der Waals surface area contributed by atoms with Gasteiger partial charge >= 0.3 is 0 Å². The highest BCUT2D eigenvalue weighted by molar-refractivity contribution is 7.89. The lowest BCUT2D eigenvalue weighted by Crippen LogP contribution is -2.23. The molecule has 1 heterocycles. The molecule has 7 heteroatoms. The van der Waals surface area contributed by atoms with Crippen LogP contribution >= 0.6 is 0 Å². The van der Waals surface area contributed by atoms with Crippen molar-refractivity contribution < 1.29 is 8.42 Å². The maximum atomic E-state index is 12.3. The molecular weight excluding hydrogens is 288 g/mol. The van der Waals surface area contributed by atoms with Crippen molar-refractivity contribution in [1.29, 1.82) is 0 Å². The van der Waals surface area contributed by atoms with E-state index in [0.29, 0.717) is 18.8 Å². The van der Waals surface area contributed by atoms with Gasteiger partial charge in [0.15, 0.2) is 0 Å². The van der Waals surface area contributed by atoms with Gasteiger partial charge in [0.25, 0.3) is 0 Å². The molecule has 1 aromatic heterocycles. The van der Waals surface area contributed by atoms with Gasteiger partial charge in [-0.25, -0.2) is 12.7 Å². The quantitative estimate of drug-likeness (QED) is 0.879. The van der Waals surface area contributed by atoms with Crippen molar-refractivity contribution in [3.63, 3.8) is 0 Å². The number of para-hydroxylation sites is 1. The second kappa shape index (κ2) is 6.28. The average Bonchev–Trinajstić information content (AvgIpc) is 2.85. The van der Waals surface area contributed by atoms with Crippen molar-refractivity contribution in [3.05, 3.63) is 42.2 Å². The van der Waals surface area contributed by atoms with Crippen molar-refractivity contribution >= 4 is 15.7 Å². The molecule has 0 saturated carbocycles. The summed E-state index contributed by atoms with van der Waals surface area (Å²) in [7, 11) is -0.397. The summed E-state index contributed by atoms with van der Waals surface area (Å²) in [5.41, 5.74) is 1.71. The summed E-state index contributed by atoms with van der Waals surface area (Å²) >= 11 is 0. The maximum absolute atomic E-state index is 12.3. The molecule has 0 spiro atoms. The van der Waals surface area contributed by atoms with Crippen LogP contribution < -0.4 is 5.32 Å². The van der Waals surface area contributed by atoms with E-state index < -0.39 is 10.0 Å². The van der Waals surface area contributed by atoms with Crippen LogP contribution in [0.4, 0.5) is 5.69 Å². The minimum atomic E-state index is -3.45. The van der Waals surface area contributed by atoms with E-state index in [1.165, 1.54) is 18.4 Å². The van der Waals surface area contributed by atoms with Gasteiger partial charge in [-0.3, -0.25) is 4.68 Å². The number of hydrogen-bond donors (Lipinski definition) is 1. The fraction of sp³-hybridized carbons (Fsp3) is 0.357. The van der Waals surface area contributed by atoms with Gasteiger partial charge in [-0.05, 0) is 24.6 Å². The average molecular weight is 308 g/mol. The predicted octanol–water partition coefficient (Wildman–Crippen LogP) is 1.55. The summed E-state index contributed by atoms with van der Waals surface area (Å²) in [6.07, 6.45) is 3.74. The molecule has 2 aromatic rings. The largest absolute Gasteiger partial charge is 0.382 e. The first kappa shape index (κ1) is 15.5. The monoisotopic (exact) mass is 308 g/mol. The Morgan fingerprint density at radius 3 is 2.62 bits per heavy atom. The number of hydrogen-bond acceptors (Lipinski definition) is 4. The number of nitrogens with one attached hydrogen (secondary N) is 1. The second-order valence-electron chi connectivity index (χ2n) is 4.99. The maximum Gasteiger partial charge on any atom is 0.244 e. The molecule has 1 aromatic carbocycles. The zero-order valence-electron chi connectivity index (χ0n) is 12.4. The fourth-order valence-corrected chi connectivity index (χ4v) is 2.99. The van der Waals surface area contributed by atoms with Gasteiger partial charge < -0.3 is 5.32 Å². The van der Waals surface area contributed by atoms with E-state index in [-0.39, 0.29) is 4.90 Å². The van der Waals surface area contributed by atoms with E-state index in [4.69, 9.17) is 0 Å². The van der Waals surface area contributed by atoms with Gasteiger partial charge in [0, 0.05) is 26.8 Å². The van der Waals surface area contributed by atoms with Crippen LogP contribution in [0.25, 0.3) is 0 Å². The number of aryl methyl sites for hydroxylation is 1. The topological polar surface area (TPSA) is 67.2 Å². The Hall–Kier alpha value is -1.86. The SMILES string of the molecule is Cc1cnn(CCNc2ccccc2S(=O)(=O)N(C)C)c1. The number of nitrogens with zero attached hydrogens (tertiary/aromatic N) is 3. The summed E-state index contributed by atoms with van der Waals surface area (Å²) < 4.78 is 27.6. The van der Waals surface area contributed by atoms with Crippen LogP contribution in [-0.4, -0.2) is 43.1 Å². The number of aromatic nitrogens is 2. The van der Waals surface area contributed by atoms with Crippen molar-refractivity contribution in [2.75, 3.05) is 26.0 Å². The molecule has 0 saturated heterocycles. The van der Waals surface area contributed by atoms with Crippen molar-refractivity contribution in [3.8, 4) is 0 Å². The highest BCUT2D eigenvalue weighted by Gasteiger charge is 2.20. The van der Waals surface area contributed by atoms with E-state index in [1.54, 1.807) is 24.4 Å². The van der Waals surface area contributed by atoms with Gasteiger partial charge in [-0.1, -0.05) is 12.1 Å². The molecular formula is C14H20N4O2S. The predicted molar refractivity (Wildman–Crippen MR) is 82.8 cm³/mol. The standard InChI is InChI=1S/C14H20N4O2S/c1-12-10-16-18(11-12)9-8-15-13-6-4-5-7-14(13)21(19,20)17(2)3/h4-7,10-11,15H,8-9H2,1-3H3. The van der Waals surface area contributed by atoms with Crippen LogP contribution in [0.3, 0.4) is 0 Å². The molecule has 21 heavy (non-hydrogen) atoms. The van der Waals surface area contributed by atoms with Crippen molar-refractivity contribution in [2.24, 2.45) is 0 Å². The van der Waals surface area contributed by atoms with Crippen LogP contribution in [0, 0.1) is 6.92 Å². The van der Waals surface area contributed by atoms with Gasteiger partial charge in [-0.2, -0.15) is 5.10 Å².